The van der Waals surface area contributed by atoms with Gasteiger partial charge in [0.25, 0.3) is 0 Å². The van der Waals surface area contributed by atoms with Crippen molar-refractivity contribution in [2.45, 2.75) is 31.8 Å². The van der Waals surface area contributed by atoms with Gasteiger partial charge in [0.15, 0.2) is 0 Å². The number of nitrogens with zero attached hydrogens (tertiary/aromatic N) is 1. The standard InChI is InChI=1S/C12H17FN2S/c1-2-11(15-10-5-6-16-8-10)12-4-3-9(13)7-14-12/h3-4,7,10-11,15H,2,5-6,8H2,1H3. The van der Waals surface area contributed by atoms with Crippen LogP contribution >= 0.6 is 11.8 Å². The van der Waals surface area contributed by atoms with E-state index in [0.717, 1.165) is 12.1 Å². The molecule has 0 spiro atoms. The molecule has 2 heterocycles. The minimum atomic E-state index is -0.268. The highest BCUT2D eigenvalue weighted by molar-refractivity contribution is 7.99. The van der Waals surface area contributed by atoms with Gasteiger partial charge in [-0.2, -0.15) is 11.8 Å². The molecule has 0 aliphatic carbocycles. The molecule has 0 radical (unpaired) electrons. The van der Waals surface area contributed by atoms with E-state index in [0.29, 0.717) is 6.04 Å². The zero-order chi connectivity index (χ0) is 11.4. The molecule has 16 heavy (non-hydrogen) atoms. The first-order valence-electron chi connectivity index (χ1n) is 5.75. The Kier molecular flexibility index (Phi) is 4.18. The Labute approximate surface area is 100 Å². The van der Waals surface area contributed by atoms with Gasteiger partial charge in [0.2, 0.25) is 0 Å². The van der Waals surface area contributed by atoms with E-state index in [2.05, 4.69) is 17.2 Å². The van der Waals surface area contributed by atoms with Gasteiger partial charge in [-0.1, -0.05) is 6.92 Å². The van der Waals surface area contributed by atoms with Gasteiger partial charge in [-0.15, -0.1) is 0 Å². The van der Waals surface area contributed by atoms with Crippen molar-refractivity contribution in [1.29, 1.82) is 0 Å². The van der Waals surface area contributed by atoms with Crippen LogP contribution < -0.4 is 5.32 Å². The summed E-state index contributed by atoms with van der Waals surface area (Å²) in [5.74, 6) is 2.15. The van der Waals surface area contributed by atoms with Gasteiger partial charge >= 0.3 is 0 Å². The number of nitrogens with one attached hydrogen (secondary N) is 1. The van der Waals surface area contributed by atoms with Crippen LogP contribution in [0.3, 0.4) is 0 Å². The fourth-order valence-electron chi connectivity index (χ4n) is 1.96. The smallest absolute Gasteiger partial charge is 0.141 e. The molecule has 0 amide bonds. The van der Waals surface area contributed by atoms with Crippen LogP contribution in [-0.2, 0) is 0 Å². The van der Waals surface area contributed by atoms with Crippen molar-refractivity contribution in [3.8, 4) is 0 Å². The first-order chi connectivity index (χ1) is 7.79. The highest BCUT2D eigenvalue weighted by Crippen LogP contribution is 2.22. The quantitative estimate of drug-likeness (QED) is 0.876. The number of thioether (sulfide) groups is 1. The second kappa shape index (κ2) is 5.64. The summed E-state index contributed by atoms with van der Waals surface area (Å²) in [6.07, 6.45) is 3.51. The molecule has 1 aliphatic heterocycles. The van der Waals surface area contributed by atoms with Crippen molar-refractivity contribution in [2.24, 2.45) is 0 Å². The summed E-state index contributed by atoms with van der Waals surface area (Å²) in [5.41, 5.74) is 0.945. The van der Waals surface area contributed by atoms with Gasteiger partial charge in [-0.25, -0.2) is 4.39 Å². The fourth-order valence-corrected chi connectivity index (χ4v) is 3.12. The molecule has 1 aromatic rings. The Bertz CT molecular complexity index is 322. The topological polar surface area (TPSA) is 24.9 Å². The van der Waals surface area contributed by atoms with Crippen molar-refractivity contribution in [3.05, 3.63) is 29.8 Å². The molecule has 88 valence electrons. The summed E-state index contributed by atoms with van der Waals surface area (Å²) >= 11 is 1.99. The zero-order valence-electron chi connectivity index (χ0n) is 9.45. The number of hydrogen-bond acceptors (Lipinski definition) is 3. The molecule has 0 saturated carbocycles. The molecule has 1 aromatic heterocycles. The Morgan fingerprint density at radius 3 is 3.06 bits per heavy atom. The highest BCUT2D eigenvalue weighted by Gasteiger charge is 2.20. The second-order valence-electron chi connectivity index (χ2n) is 4.09. The normalized spacial score (nSPS) is 22.2. The molecule has 1 saturated heterocycles. The predicted molar refractivity (Wildman–Crippen MR) is 66.1 cm³/mol. The molecule has 4 heteroatoms. The molecule has 0 bridgehead atoms. The third kappa shape index (κ3) is 2.95. The summed E-state index contributed by atoms with van der Waals surface area (Å²) in [7, 11) is 0. The summed E-state index contributed by atoms with van der Waals surface area (Å²) in [4.78, 5) is 4.15. The molecule has 1 aliphatic rings. The molecule has 2 rings (SSSR count). The van der Waals surface area contributed by atoms with Crippen LogP contribution in [0, 0.1) is 5.82 Å². The zero-order valence-corrected chi connectivity index (χ0v) is 10.3. The van der Waals surface area contributed by atoms with Crippen molar-refractivity contribution in [2.75, 3.05) is 11.5 Å². The van der Waals surface area contributed by atoms with Gasteiger partial charge in [0, 0.05) is 17.8 Å². The third-order valence-corrected chi connectivity index (χ3v) is 4.04. The lowest BCUT2D eigenvalue weighted by atomic mass is 10.1. The van der Waals surface area contributed by atoms with Crippen LogP contribution in [0.15, 0.2) is 18.3 Å². The van der Waals surface area contributed by atoms with E-state index in [1.165, 1.54) is 30.2 Å². The number of aromatic nitrogens is 1. The Morgan fingerprint density at radius 1 is 1.62 bits per heavy atom. The van der Waals surface area contributed by atoms with E-state index in [1.807, 2.05) is 11.8 Å². The molecular weight excluding hydrogens is 223 g/mol. The number of pyridine rings is 1. The van der Waals surface area contributed by atoms with Crippen LogP contribution in [0.4, 0.5) is 4.39 Å². The maximum absolute atomic E-state index is 12.8. The monoisotopic (exact) mass is 240 g/mol. The van der Waals surface area contributed by atoms with Crippen LogP contribution in [0.2, 0.25) is 0 Å². The Morgan fingerprint density at radius 2 is 2.50 bits per heavy atom. The summed E-state index contributed by atoms with van der Waals surface area (Å²) in [6, 6.07) is 4.10. The van der Waals surface area contributed by atoms with Gasteiger partial charge in [-0.3, -0.25) is 4.98 Å². The third-order valence-electron chi connectivity index (χ3n) is 2.88. The highest BCUT2D eigenvalue weighted by atomic mass is 32.2. The van der Waals surface area contributed by atoms with E-state index in [1.54, 1.807) is 6.07 Å². The van der Waals surface area contributed by atoms with Crippen molar-refractivity contribution >= 4 is 11.8 Å². The Balaban J connectivity index is 2.00. The van der Waals surface area contributed by atoms with Crippen LogP contribution in [0.25, 0.3) is 0 Å². The van der Waals surface area contributed by atoms with Gasteiger partial charge in [0.1, 0.15) is 5.82 Å². The second-order valence-corrected chi connectivity index (χ2v) is 5.24. The lowest BCUT2D eigenvalue weighted by Crippen LogP contribution is -2.32. The molecular formula is C12H17FN2S. The van der Waals surface area contributed by atoms with E-state index in [-0.39, 0.29) is 11.9 Å². The lowest BCUT2D eigenvalue weighted by molar-refractivity contribution is 0.442. The molecule has 0 aromatic carbocycles. The van der Waals surface area contributed by atoms with Crippen LogP contribution in [0.1, 0.15) is 31.5 Å². The maximum atomic E-state index is 12.8. The summed E-state index contributed by atoms with van der Waals surface area (Å²) in [6.45, 7) is 2.13. The molecule has 2 nitrogen and oxygen atoms in total. The van der Waals surface area contributed by atoms with E-state index >= 15 is 0 Å². The largest absolute Gasteiger partial charge is 0.305 e. The minimum absolute atomic E-state index is 0.254. The minimum Gasteiger partial charge on any atom is -0.305 e. The number of rotatable bonds is 4. The molecule has 2 unspecified atom stereocenters. The van der Waals surface area contributed by atoms with Gasteiger partial charge in [0.05, 0.1) is 11.9 Å². The van der Waals surface area contributed by atoms with Crippen molar-refractivity contribution in [1.82, 2.24) is 10.3 Å². The average molecular weight is 240 g/mol. The van der Waals surface area contributed by atoms with E-state index in [9.17, 15) is 4.39 Å². The van der Waals surface area contributed by atoms with Crippen molar-refractivity contribution < 1.29 is 4.39 Å². The number of halogens is 1. The van der Waals surface area contributed by atoms with Gasteiger partial charge in [-0.05, 0) is 30.7 Å². The van der Waals surface area contributed by atoms with Crippen molar-refractivity contribution in [3.63, 3.8) is 0 Å². The molecule has 1 fully saturated rings. The SMILES string of the molecule is CCC(NC1CCSC1)c1ccc(F)cn1. The average Bonchev–Trinajstić information content (AvgIpc) is 2.80. The van der Waals surface area contributed by atoms with E-state index in [4.69, 9.17) is 0 Å². The first-order valence-corrected chi connectivity index (χ1v) is 6.90. The number of hydrogen-bond donors (Lipinski definition) is 1. The molecule has 1 N–H and O–H groups in total. The summed E-state index contributed by atoms with van der Waals surface area (Å²) in [5, 5.41) is 3.60. The van der Waals surface area contributed by atoms with Crippen LogP contribution in [-0.4, -0.2) is 22.5 Å². The summed E-state index contributed by atoms with van der Waals surface area (Å²) < 4.78 is 12.8. The Hall–Kier alpha value is -0.610. The predicted octanol–water partition coefficient (Wildman–Crippen LogP) is 2.77. The lowest BCUT2D eigenvalue weighted by Gasteiger charge is -2.20. The first kappa shape index (κ1) is 11.9. The van der Waals surface area contributed by atoms with E-state index < -0.39 is 0 Å². The van der Waals surface area contributed by atoms with Gasteiger partial charge < -0.3 is 5.32 Å². The molecule has 2 atom stereocenters. The van der Waals surface area contributed by atoms with Crippen LogP contribution in [0.5, 0.6) is 0 Å². The fraction of sp³-hybridized carbons (Fsp3) is 0.583. The maximum Gasteiger partial charge on any atom is 0.141 e.